The fourth-order valence-electron chi connectivity index (χ4n) is 0.909. The first-order valence-electron chi connectivity index (χ1n) is 3.34. The number of rotatable bonds is 2. The summed E-state index contributed by atoms with van der Waals surface area (Å²) in [6.45, 7) is 0. The van der Waals surface area contributed by atoms with Crippen molar-refractivity contribution in [2.75, 3.05) is 5.73 Å². The molecule has 0 saturated carbocycles. The van der Waals surface area contributed by atoms with Gasteiger partial charge in [0.15, 0.2) is 0 Å². The molecule has 1 aromatic carbocycles. The van der Waals surface area contributed by atoms with E-state index in [2.05, 4.69) is 0 Å². The molecule has 0 atom stereocenters. The summed E-state index contributed by atoms with van der Waals surface area (Å²) in [5.74, 6) is -3.16. The van der Waals surface area contributed by atoms with Crippen LogP contribution in [0.1, 0.15) is 20.7 Å². The Morgan fingerprint density at radius 2 is 1.47 bits per heavy atom. The topological polar surface area (TPSA) is 106 Å². The molecule has 0 aliphatic carbocycles. The van der Waals surface area contributed by atoms with Crippen molar-refractivity contribution >= 4 is 17.6 Å². The maximum Gasteiger partial charge on any atom is 1.00 e. The minimum absolute atomic E-state index is 0. The van der Waals surface area contributed by atoms with E-state index in [1.165, 1.54) is 6.07 Å². The number of aromatic carboxylic acids is 2. The summed E-state index contributed by atoms with van der Waals surface area (Å²) in [6, 6.07) is 3.35. The molecule has 0 fully saturated rings. The van der Waals surface area contributed by atoms with Crippen LogP contribution in [0.15, 0.2) is 18.2 Å². The third kappa shape index (κ3) is 5.40. The van der Waals surface area contributed by atoms with E-state index in [9.17, 15) is 19.8 Å². The van der Waals surface area contributed by atoms with Crippen molar-refractivity contribution in [3.63, 3.8) is 0 Å². The van der Waals surface area contributed by atoms with Crippen LogP contribution in [0.3, 0.4) is 0 Å². The van der Waals surface area contributed by atoms with Gasteiger partial charge in [-0.3, -0.25) is 0 Å². The summed E-state index contributed by atoms with van der Waals surface area (Å²) < 4.78 is 0. The molecule has 1 aromatic rings. The number of anilines is 1. The standard InChI is InChI=1S/C8H7NO4.2K/c9-4-1-2-5(7(10)11)6(3-4)8(12)13;;/h1-3H,9H2,(H,10,11)(H,12,13);;/q;2*+1/p-2. The summed E-state index contributed by atoms with van der Waals surface area (Å²) >= 11 is 0. The second kappa shape index (κ2) is 8.34. The van der Waals surface area contributed by atoms with Gasteiger partial charge in [0.2, 0.25) is 0 Å². The maximum absolute atomic E-state index is 10.4. The van der Waals surface area contributed by atoms with Gasteiger partial charge in [0.05, 0.1) is 11.9 Å². The van der Waals surface area contributed by atoms with Crippen molar-refractivity contribution in [1.29, 1.82) is 0 Å². The van der Waals surface area contributed by atoms with Crippen LogP contribution in [0.5, 0.6) is 0 Å². The molecule has 0 amide bonds. The van der Waals surface area contributed by atoms with E-state index >= 15 is 0 Å². The van der Waals surface area contributed by atoms with Crippen LogP contribution in [0.25, 0.3) is 0 Å². The number of carbonyl (C=O) groups excluding carboxylic acids is 2. The minimum atomic E-state index is -1.59. The van der Waals surface area contributed by atoms with Crippen LogP contribution in [-0.2, 0) is 0 Å². The molecule has 0 aromatic heterocycles. The van der Waals surface area contributed by atoms with Gasteiger partial charge in [-0.15, -0.1) is 0 Å². The van der Waals surface area contributed by atoms with Crippen LogP contribution in [0.2, 0.25) is 0 Å². The van der Waals surface area contributed by atoms with E-state index in [1.54, 1.807) is 0 Å². The minimum Gasteiger partial charge on any atom is -0.545 e. The zero-order chi connectivity index (χ0) is 10.0. The van der Waals surface area contributed by atoms with Crippen LogP contribution in [-0.4, -0.2) is 11.9 Å². The predicted molar refractivity (Wildman–Crippen MR) is 39.5 cm³/mol. The number of carboxylic acid groups (broad SMARTS) is 2. The molecule has 0 bridgehead atoms. The van der Waals surface area contributed by atoms with E-state index in [0.29, 0.717) is 0 Å². The number of nitrogens with two attached hydrogens (primary N) is 1. The monoisotopic (exact) mass is 257 g/mol. The molecule has 0 unspecified atom stereocenters. The van der Waals surface area contributed by atoms with E-state index in [1.807, 2.05) is 0 Å². The first kappa shape index (κ1) is 18.6. The van der Waals surface area contributed by atoms with Gasteiger partial charge < -0.3 is 25.5 Å². The summed E-state index contributed by atoms with van der Waals surface area (Å²) in [7, 11) is 0. The molecule has 0 spiro atoms. The molecule has 5 nitrogen and oxygen atoms in total. The Labute approximate surface area is 171 Å². The van der Waals surface area contributed by atoms with Gasteiger partial charge in [-0.05, 0) is 12.1 Å². The van der Waals surface area contributed by atoms with Crippen LogP contribution >= 0.6 is 0 Å². The maximum atomic E-state index is 10.4. The van der Waals surface area contributed by atoms with E-state index in [-0.39, 0.29) is 108 Å². The number of benzene rings is 1. The summed E-state index contributed by atoms with van der Waals surface area (Å²) in [5, 5.41) is 20.8. The van der Waals surface area contributed by atoms with Crippen LogP contribution < -0.4 is 119 Å². The number of carboxylic acids is 2. The van der Waals surface area contributed by atoms with Crippen molar-refractivity contribution in [1.82, 2.24) is 0 Å². The molecule has 0 saturated heterocycles. The first-order chi connectivity index (χ1) is 6.02. The second-order valence-corrected chi connectivity index (χ2v) is 2.38. The molecule has 2 N–H and O–H groups in total. The van der Waals surface area contributed by atoms with Gasteiger partial charge in [0.1, 0.15) is 0 Å². The van der Waals surface area contributed by atoms with Gasteiger partial charge >= 0.3 is 103 Å². The van der Waals surface area contributed by atoms with Crippen LogP contribution in [0.4, 0.5) is 5.69 Å². The van der Waals surface area contributed by atoms with Crippen molar-refractivity contribution in [3.8, 4) is 0 Å². The quantitative estimate of drug-likeness (QED) is 0.418. The molecule has 0 aliphatic rings. The molecule has 0 radical (unpaired) electrons. The molecule has 1 rings (SSSR count). The Bertz CT molecular complexity index is 381. The second-order valence-electron chi connectivity index (χ2n) is 2.38. The molecule has 15 heavy (non-hydrogen) atoms. The van der Waals surface area contributed by atoms with Crippen molar-refractivity contribution < 1.29 is 123 Å². The van der Waals surface area contributed by atoms with Crippen LogP contribution in [0, 0.1) is 0 Å². The molecular weight excluding hydrogens is 252 g/mol. The Morgan fingerprint density at radius 3 is 1.87 bits per heavy atom. The first-order valence-corrected chi connectivity index (χ1v) is 3.34. The van der Waals surface area contributed by atoms with Gasteiger partial charge in [-0.2, -0.15) is 0 Å². The number of nitrogen functional groups attached to an aromatic ring is 1. The SMILES string of the molecule is Nc1ccc(C(=O)[O-])c(C(=O)[O-])c1.[K+].[K+]. The average Bonchev–Trinajstić information content (AvgIpc) is 2.03. The third-order valence-electron chi connectivity index (χ3n) is 1.48. The van der Waals surface area contributed by atoms with Gasteiger partial charge in [0.25, 0.3) is 0 Å². The zero-order valence-corrected chi connectivity index (χ0v) is 14.7. The smallest absolute Gasteiger partial charge is 0.545 e. The molecular formula is C8H5K2NO4. The normalized spacial score (nSPS) is 8.27. The largest absolute Gasteiger partial charge is 1.00 e. The third-order valence-corrected chi connectivity index (χ3v) is 1.48. The van der Waals surface area contributed by atoms with E-state index in [0.717, 1.165) is 12.1 Å². The number of hydrogen-bond donors (Lipinski definition) is 1. The Balaban J connectivity index is 0. The average molecular weight is 257 g/mol. The molecule has 68 valence electrons. The predicted octanol–water partition coefficient (Wildman–Crippen LogP) is -8.00. The summed E-state index contributed by atoms with van der Waals surface area (Å²) in [4.78, 5) is 20.8. The summed E-state index contributed by atoms with van der Waals surface area (Å²) in [6.07, 6.45) is 0. The Morgan fingerprint density at radius 1 is 1.00 bits per heavy atom. The summed E-state index contributed by atoms with van der Waals surface area (Å²) in [5.41, 5.74) is 4.51. The fourth-order valence-corrected chi connectivity index (χ4v) is 0.909. The van der Waals surface area contributed by atoms with Crippen molar-refractivity contribution in [3.05, 3.63) is 29.3 Å². The van der Waals surface area contributed by atoms with Crippen molar-refractivity contribution in [2.24, 2.45) is 0 Å². The Kier molecular flexibility index (Phi) is 10.3. The van der Waals surface area contributed by atoms with E-state index in [4.69, 9.17) is 5.73 Å². The zero-order valence-electron chi connectivity index (χ0n) is 8.44. The van der Waals surface area contributed by atoms with Gasteiger partial charge in [0, 0.05) is 16.8 Å². The fraction of sp³-hybridized carbons (Fsp3) is 0. The molecule has 0 heterocycles. The van der Waals surface area contributed by atoms with Gasteiger partial charge in [-0.1, -0.05) is 6.07 Å². The van der Waals surface area contributed by atoms with Gasteiger partial charge in [-0.25, -0.2) is 0 Å². The number of carbonyl (C=O) groups is 2. The molecule has 7 heteroatoms. The Hall–Kier alpha value is 1.23. The van der Waals surface area contributed by atoms with E-state index < -0.39 is 23.1 Å². The number of hydrogen-bond acceptors (Lipinski definition) is 5. The molecule has 0 aliphatic heterocycles. The van der Waals surface area contributed by atoms with Crippen molar-refractivity contribution in [2.45, 2.75) is 0 Å².